The Morgan fingerprint density at radius 1 is 1.17 bits per heavy atom. The number of hydrogen-bond donors (Lipinski definition) is 1. The minimum atomic E-state index is -1.02. The minimum Gasteiger partial charge on any atom is -0.387 e. The molecule has 1 rings (SSSR count). The summed E-state index contributed by atoms with van der Waals surface area (Å²) in [4.78, 5) is 3.90. The van der Waals surface area contributed by atoms with Gasteiger partial charge >= 0.3 is 0 Å². The van der Waals surface area contributed by atoms with Crippen molar-refractivity contribution < 1.29 is 13.9 Å². The highest BCUT2D eigenvalue weighted by atomic mass is 19.2. The second-order valence-corrected chi connectivity index (χ2v) is 4.72. The molecule has 18 heavy (non-hydrogen) atoms. The first-order valence-electron chi connectivity index (χ1n) is 5.87. The lowest BCUT2D eigenvalue weighted by molar-refractivity contribution is 0.119. The molecule has 0 fully saturated rings. The molecule has 0 saturated carbocycles. The summed E-state index contributed by atoms with van der Waals surface area (Å²) in [7, 11) is 5.75. The van der Waals surface area contributed by atoms with E-state index in [9.17, 15) is 13.9 Å². The third kappa shape index (κ3) is 4.33. The molecule has 0 aliphatic heterocycles. The maximum Gasteiger partial charge on any atom is 0.164 e. The predicted molar refractivity (Wildman–Crippen MR) is 67.4 cm³/mol. The van der Waals surface area contributed by atoms with Crippen molar-refractivity contribution in [2.45, 2.75) is 6.10 Å². The van der Waals surface area contributed by atoms with E-state index in [1.807, 2.05) is 30.9 Å². The first-order valence-corrected chi connectivity index (χ1v) is 5.87. The molecule has 1 aromatic carbocycles. The third-order valence-corrected chi connectivity index (χ3v) is 2.75. The molecule has 0 bridgehead atoms. The summed E-state index contributed by atoms with van der Waals surface area (Å²) in [5, 5.41) is 9.90. The highest BCUT2D eigenvalue weighted by Crippen LogP contribution is 2.19. The molecule has 0 spiro atoms. The lowest BCUT2D eigenvalue weighted by Gasteiger charge is -2.22. The predicted octanol–water partition coefficient (Wildman–Crippen LogP) is 1.49. The van der Waals surface area contributed by atoms with Crippen LogP contribution in [0.4, 0.5) is 8.78 Å². The van der Waals surface area contributed by atoms with Gasteiger partial charge in [0.25, 0.3) is 0 Å². The molecule has 0 radical (unpaired) electrons. The summed E-state index contributed by atoms with van der Waals surface area (Å²) in [5.74, 6) is -1.89. The van der Waals surface area contributed by atoms with Crippen molar-refractivity contribution in [2.75, 3.05) is 40.8 Å². The first kappa shape index (κ1) is 15.0. The van der Waals surface area contributed by atoms with Gasteiger partial charge in [-0.1, -0.05) is 12.1 Å². The Labute approximate surface area is 107 Å². The highest BCUT2D eigenvalue weighted by Gasteiger charge is 2.17. The Morgan fingerprint density at radius 2 is 1.83 bits per heavy atom. The van der Waals surface area contributed by atoms with Gasteiger partial charge < -0.3 is 14.9 Å². The van der Waals surface area contributed by atoms with E-state index >= 15 is 0 Å². The number of hydrogen-bond acceptors (Lipinski definition) is 3. The topological polar surface area (TPSA) is 26.7 Å². The van der Waals surface area contributed by atoms with Crippen LogP contribution in [0, 0.1) is 11.6 Å². The molecule has 0 aliphatic rings. The third-order valence-electron chi connectivity index (χ3n) is 2.75. The Morgan fingerprint density at radius 3 is 2.44 bits per heavy atom. The van der Waals surface area contributed by atoms with Crippen LogP contribution < -0.4 is 0 Å². The van der Waals surface area contributed by atoms with E-state index in [-0.39, 0.29) is 12.1 Å². The largest absolute Gasteiger partial charge is 0.387 e. The van der Waals surface area contributed by atoms with Gasteiger partial charge in [0.15, 0.2) is 11.6 Å². The number of likely N-dealkylation sites (N-methyl/N-ethyl adjacent to an activating group) is 2. The van der Waals surface area contributed by atoms with Gasteiger partial charge in [-0.25, -0.2) is 8.78 Å². The van der Waals surface area contributed by atoms with E-state index in [1.54, 1.807) is 0 Å². The maximum atomic E-state index is 13.5. The number of aliphatic hydroxyl groups excluding tert-OH is 1. The van der Waals surface area contributed by atoms with E-state index in [4.69, 9.17) is 0 Å². The average molecular weight is 258 g/mol. The molecule has 102 valence electrons. The molecule has 0 aromatic heterocycles. The molecule has 3 nitrogen and oxygen atoms in total. The van der Waals surface area contributed by atoms with E-state index in [1.165, 1.54) is 12.1 Å². The molecule has 1 aromatic rings. The van der Waals surface area contributed by atoms with Crippen molar-refractivity contribution in [3.05, 3.63) is 35.4 Å². The molecule has 1 unspecified atom stereocenters. The Hall–Kier alpha value is -1.04. The van der Waals surface area contributed by atoms with Crippen molar-refractivity contribution in [3.8, 4) is 0 Å². The van der Waals surface area contributed by atoms with Gasteiger partial charge in [-0.15, -0.1) is 0 Å². The molecule has 5 heteroatoms. The minimum absolute atomic E-state index is 0.00621. The lowest BCUT2D eigenvalue weighted by Crippen LogP contribution is -2.32. The second kappa shape index (κ2) is 6.78. The van der Waals surface area contributed by atoms with Crippen LogP contribution in [0.3, 0.4) is 0 Å². The summed E-state index contributed by atoms with van der Waals surface area (Å²) < 4.78 is 26.5. The SMILES string of the molecule is CN(C)CCN(C)CC(O)c1cccc(F)c1F. The van der Waals surface area contributed by atoms with Crippen LogP contribution in [0.5, 0.6) is 0 Å². The van der Waals surface area contributed by atoms with Crippen LogP contribution in [0.15, 0.2) is 18.2 Å². The number of aliphatic hydroxyl groups is 1. The van der Waals surface area contributed by atoms with Gasteiger partial charge in [0.05, 0.1) is 6.10 Å². The molecule has 0 aliphatic carbocycles. The molecule has 0 saturated heterocycles. The Kier molecular flexibility index (Phi) is 5.65. The van der Waals surface area contributed by atoms with Gasteiger partial charge in [-0.3, -0.25) is 0 Å². The number of rotatable bonds is 6. The van der Waals surface area contributed by atoms with Crippen LogP contribution in [0.2, 0.25) is 0 Å². The van der Waals surface area contributed by atoms with Crippen molar-refractivity contribution in [2.24, 2.45) is 0 Å². The summed E-state index contributed by atoms with van der Waals surface area (Å²) in [5.41, 5.74) is 0.00621. The quantitative estimate of drug-likeness (QED) is 0.837. The fourth-order valence-electron chi connectivity index (χ4n) is 1.63. The molecule has 1 N–H and O–H groups in total. The van der Waals surface area contributed by atoms with Crippen LogP contribution in [-0.2, 0) is 0 Å². The van der Waals surface area contributed by atoms with Gasteiger partial charge in [0, 0.05) is 25.2 Å². The number of nitrogens with zero attached hydrogens (tertiary/aromatic N) is 2. The first-order chi connectivity index (χ1) is 8.41. The smallest absolute Gasteiger partial charge is 0.164 e. The second-order valence-electron chi connectivity index (χ2n) is 4.72. The molecule has 0 heterocycles. The Balaban J connectivity index is 2.59. The molecule has 0 amide bonds. The normalized spacial score (nSPS) is 13.3. The maximum absolute atomic E-state index is 13.5. The summed E-state index contributed by atoms with van der Waals surface area (Å²) in [6.07, 6.45) is -1.02. The summed E-state index contributed by atoms with van der Waals surface area (Å²) in [6, 6.07) is 3.85. The zero-order valence-electron chi connectivity index (χ0n) is 11.0. The van der Waals surface area contributed by atoms with Crippen LogP contribution in [0.1, 0.15) is 11.7 Å². The van der Waals surface area contributed by atoms with E-state index in [2.05, 4.69) is 0 Å². The fraction of sp³-hybridized carbons (Fsp3) is 0.538. The highest BCUT2D eigenvalue weighted by molar-refractivity contribution is 5.21. The number of halogens is 2. The van der Waals surface area contributed by atoms with Crippen molar-refractivity contribution >= 4 is 0 Å². The van der Waals surface area contributed by atoms with E-state index in [0.717, 1.165) is 19.2 Å². The molecular formula is C13H20F2N2O. The van der Waals surface area contributed by atoms with Gasteiger partial charge in [0.1, 0.15) is 0 Å². The van der Waals surface area contributed by atoms with Gasteiger partial charge in [-0.05, 0) is 27.2 Å². The van der Waals surface area contributed by atoms with Crippen molar-refractivity contribution in [1.29, 1.82) is 0 Å². The standard InChI is InChI=1S/C13H20F2N2O/c1-16(2)7-8-17(3)9-12(18)10-5-4-6-11(14)13(10)15/h4-6,12,18H,7-9H2,1-3H3. The fourth-order valence-corrected chi connectivity index (χ4v) is 1.63. The van der Waals surface area contributed by atoms with Crippen LogP contribution in [0.25, 0.3) is 0 Å². The number of benzene rings is 1. The average Bonchev–Trinajstić information content (AvgIpc) is 2.30. The van der Waals surface area contributed by atoms with E-state index < -0.39 is 17.7 Å². The van der Waals surface area contributed by atoms with Crippen molar-refractivity contribution in [1.82, 2.24) is 9.80 Å². The van der Waals surface area contributed by atoms with E-state index in [0.29, 0.717) is 0 Å². The lowest BCUT2D eigenvalue weighted by atomic mass is 10.1. The zero-order valence-corrected chi connectivity index (χ0v) is 11.0. The summed E-state index contributed by atoms with van der Waals surface area (Å²) in [6.45, 7) is 1.87. The van der Waals surface area contributed by atoms with Gasteiger partial charge in [0.2, 0.25) is 0 Å². The van der Waals surface area contributed by atoms with Crippen molar-refractivity contribution in [3.63, 3.8) is 0 Å². The Bertz CT molecular complexity index is 385. The molecular weight excluding hydrogens is 238 g/mol. The zero-order chi connectivity index (χ0) is 13.7. The monoisotopic (exact) mass is 258 g/mol. The molecule has 1 atom stereocenters. The van der Waals surface area contributed by atoms with Crippen LogP contribution >= 0.6 is 0 Å². The van der Waals surface area contributed by atoms with Gasteiger partial charge in [-0.2, -0.15) is 0 Å². The summed E-state index contributed by atoms with van der Waals surface area (Å²) >= 11 is 0. The van der Waals surface area contributed by atoms with Crippen LogP contribution in [-0.4, -0.2) is 55.7 Å².